The zero-order valence-electron chi connectivity index (χ0n) is 19.8. The first kappa shape index (κ1) is 20.8. The quantitative estimate of drug-likeness (QED) is 0.530. The monoisotopic (exact) mass is 405 g/mol. The average Bonchev–Trinajstić information content (AvgIpc) is 3.05. The Morgan fingerprint density at radius 3 is 2.43 bits per heavy atom. The van der Waals surface area contributed by atoms with Gasteiger partial charge in [-0.3, -0.25) is 0 Å². The van der Waals surface area contributed by atoms with Crippen LogP contribution in [0, 0.1) is 39.9 Å². The van der Waals surface area contributed by atoms with Crippen LogP contribution in [0.15, 0.2) is 42.5 Å². The molecule has 1 heteroatoms. The Balaban J connectivity index is 1.29. The van der Waals surface area contributed by atoms with E-state index in [-0.39, 0.29) is 0 Å². The molecule has 0 spiro atoms. The number of benzene rings is 1. The van der Waals surface area contributed by atoms with E-state index in [0.29, 0.717) is 16.2 Å². The van der Waals surface area contributed by atoms with E-state index < -0.39 is 0 Å². The molecule has 2 unspecified atom stereocenters. The number of nitrogens with one attached hydrogen (secondary N) is 1. The van der Waals surface area contributed by atoms with E-state index in [1.807, 2.05) is 0 Å². The molecule has 0 bridgehead atoms. The molecule has 0 amide bonds. The number of allylic oxidation sites excluding steroid dienone is 2. The van der Waals surface area contributed by atoms with Crippen LogP contribution in [0.3, 0.4) is 0 Å². The number of hydrogen-bond donors (Lipinski definition) is 1. The fourth-order valence-corrected chi connectivity index (χ4v) is 9.08. The second kappa shape index (κ2) is 7.51. The Bertz CT molecular complexity index is 779. The fourth-order valence-electron chi connectivity index (χ4n) is 9.08. The van der Waals surface area contributed by atoms with Crippen molar-refractivity contribution < 1.29 is 0 Å². The van der Waals surface area contributed by atoms with Crippen LogP contribution in [-0.4, -0.2) is 12.6 Å². The maximum atomic E-state index is 4.03. The largest absolute Gasteiger partial charge is 0.313 e. The van der Waals surface area contributed by atoms with Crippen LogP contribution < -0.4 is 5.32 Å². The summed E-state index contributed by atoms with van der Waals surface area (Å²) in [6, 6.07) is 11.7. The van der Waals surface area contributed by atoms with Crippen molar-refractivity contribution in [3.8, 4) is 0 Å². The maximum absolute atomic E-state index is 4.03. The Morgan fingerprint density at radius 1 is 0.867 bits per heavy atom. The lowest BCUT2D eigenvalue weighted by Gasteiger charge is -2.62. The Hall–Kier alpha value is -1.08. The van der Waals surface area contributed by atoms with Gasteiger partial charge in [0.25, 0.3) is 0 Å². The Labute approximate surface area is 185 Å². The molecule has 0 radical (unpaired) electrons. The molecule has 3 fully saturated rings. The second-order valence-corrected chi connectivity index (χ2v) is 12.3. The molecule has 1 aromatic rings. The van der Waals surface area contributed by atoms with Gasteiger partial charge in [-0.05, 0) is 103 Å². The lowest BCUT2D eigenvalue weighted by atomic mass is 9.43. The average molecular weight is 406 g/mol. The van der Waals surface area contributed by atoms with Crippen LogP contribution in [0.1, 0.15) is 78.2 Å². The van der Waals surface area contributed by atoms with Gasteiger partial charge in [-0.2, -0.15) is 0 Å². The normalized spacial score (nSPS) is 44.2. The molecule has 0 heterocycles. The minimum absolute atomic E-state index is 0.385. The molecule has 3 saturated carbocycles. The zero-order valence-corrected chi connectivity index (χ0v) is 19.8. The predicted molar refractivity (Wildman–Crippen MR) is 127 cm³/mol. The van der Waals surface area contributed by atoms with E-state index >= 15 is 0 Å². The van der Waals surface area contributed by atoms with Gasteiger partial charge in [-0.1, -0.05) is 70.2 Å². The fraction of sp³-hybridized carbons (Fsp3) is 0.724. The van der Waals surface area contributed by atoms with E-state index in [1.165, 1.54) is 50.5 Å². The summed E-state index contributed by atoms with van der Waals surface area (Å²) >= 11 is 0. The van der Waals surface area contributed by atoms with Gasteiger partial charge in [-0.15, -0.1) is 0 Å². The van der Waals surface area contributed by atoms with Gasteiger partial charge in [0.15, 0.2) is 0 Å². The van der Waals surface area contributed by atoms with Crippen LogP contribution in [0.5, 0.6) is 0 Å². The molecule has 5 rings (SSSR count). The minimum Gasteiger partial charge on any atom is -0.313 e. The van der Waals surface area contributed by atoms with Gasteiger partial charge >= 0.3 is 0 Å². The smallest absolute Gasteiger partial charge is 0.0124 e. The summed E-state index contributed by atoms with van der Waals surface area (Å²) in [5.74, 6) is 3.73. The van der Waals surface area contributed by atoms with Crippen molar-refractivity contribution in [3.05, 3.63) is 48.0 Å². The topological polar surface area (TPSA) is 12.0 Å². The molecular formula is C29H43N. The van der Waals surface area contributed by atoms with Gasteiger partial charge in [0.05, 0.1) is 0 Å². The standard InChI is InChI=1S/C29H43N/c1-27(2)17-8-18-28(3)24-15-19-29(4)23(22(24)11-13-25(27)28)12-14-26(29)30-20-16-21-9-6-5-7-10-21/h5-10,17,22-26,30H,11-16,18-20H2,1-4H3/t22-,23-,24-,25?,26?,28+,29-/m0/s1. The third-order valence-corrected chi connectivity index (χ3v) is 10.5. The van der Waals surface area contributed by atoms with Gasteiger partial charge in [0.2, 0.25) is 0 Å². The van der Waals surface area contributed by atoms with E-state index in [2.05, 4.69) is 75.5 Å². The van der Waals surface area contributed by atoms with Gasteiger partial charge < -0.3 is 5.32 Å². The highest BCUT2D eigenvalue weighted by Crippen LogP contribution is 2.67. The van der Waals surface area contributed by atoms with Crippen LogP contribution >= 0.6 is 0 Å². The zero-order chi connectivity index (χ0) is 21.0. The summed E-state index contributed by atoms with van der Waals surface area (Å²) < 4.78 is 0. The molecule has 30 heavy (non-hydrogen) atoms. The molecule has 0 aliphatic heterocycles. The van der Waals surface area contributed by atoms with Crippen molar-refractivity contribution in [1.29, 1.82) is 0 Å². The summed E-state index contributed by atoms with van der Waals surface area (Å²) in [5.41, 5.74) is 2.89. The van der Waals surface area contributed by atoms with Crippen molar-refractivity contribution in [1.82, 2.24) is 5.32 Å². The second-order valence-electron chi connectivity index (χ2n) is 12.3. The van der Waals surface area contributed by atoms with E-state index in [9.17, 15) is 0 Å². The molecule has 164 valence electrons. The van der Waals surface area contributed by atoms with Crippen LogP contribution in [-0.2, 0) is 6.42 Å². The van der Waals surface area contributed by atoms with E-state index in [4.69, 9.17) is 0 Å². The van der Waals surface area contributed by atoms with Crippen LogP contribution in [0.25, 0.3) is 0 Å². The lowest BCUT2D eigenvalue weighted by molar-refractivity contribution is -0.116. The maximum Gasteiger partial charge on any atom is 0.0124 e. The van der Waals surface area contributed by atoms with Crippen LogP contribution in [0.4, 0.5) is 0 Å². The van der Waals surface area contributed by atoms with Crippen LogP contribution in [0.2, 0.25) is 0 Å². The minimum atomic E-state index is 0.385. The first-order valence-electron chi connectivity index (χ1n) is 12.8. The molecule has 1 N–H and O–H groups in total. The third-order valence-electron chi connectivity index (χ3n) is 10.5. The summed E-state index contributed by atoms with van der Waals surface area (Å²) in [6.07, 6.45) is 16.2. The van der Waals surface area contributed by atoms with Gasteiger partial charge in [-0.25, -0.2) is 0 Å². The van der Waals surface area contributed by atoms with Gasteiger partial charge in [0, 0.05) is 6.04 Å². The first-order chi connectivity index (χ1) is 14.3. The van der Waals surface area contributed by atoms with Crippen molar-refractivity contribution in [3.63, 3.8) is 0 Å². The molecule has 7 atom stereocenters. The summed E-state index contributed by atoms with van der Waals surface area (Å²) in [6.45, 7) is 11.5. The highest BCUT2D eigenvalue weighted by atomic mass is 14.9. The van der Waals surface area contributed by atoms with Crippen molar-refractivity contribution in [2.45, 2.75) is 85.1 Å². The highest BCUT2D eigenvalue weighted by Gasteiger charge is 2.61. The molecule has 1 aromatic carbocycles. The van der Waals surface area contributed by atoms with E-state index in [0.717, 1.165) is 42.7 Å². The molecule has 4 aliphatic carbocycles. The molecule has 4 aliphatic rings. The first-order valence-corrected chi connectivity index (χ1v) is 12.8. The summed E-state index contributed by atoms with van der Waals surface area (Å²) in [4.78, 5) is 0. The SMILES string of the molecule is CC1(C)C=CC[C@@]2(C)C1CC[C@@H]1[C@@H]2CC[C@]2(C)C(NCCc3ccccc3)CC[C@@H]12. The van der Waals surface area contributed by atoms with Gasteiger partial charge in [0.1, 0.15) is 0 Å². The summed E-state index contributed by atoms with van der Waals surface area (Å²) in [7, 11) is 0. The third kappa shape index (κ3) is 3.22. The molecule has 1 nitrogen and oxygen atoms in total. The highest BCUT2D eigenvalue weighted by molar-refractivity contribution is 5.18. The number of hydrogen-bond acceptors (Lipinski definition) is 1. The predicted octanol–water partition coefficient (Wildman–Crippen LogP) is 7.03. The van der Waals surface area contributed by atoms with Crippen molar-refractivity contribution in [2.24, 2.45) is 39.9 Å². The number of rotatable bonds is 4. The van der Waals surface area contributed by atoms with E-state index in [1.54, 1.807) is 0 Å². The van der Waals surface area contributed by atoms with Crippen molar-refractivity contribution >= 4 is 0 Å². The lowest BCUT2D eigenvalue weighted by Crippen LogP contribution is -2.56. The molecule has 0 saturated heterocycles. The summed E-state index contributed by atoms with van der Waals surface area (Å²) in [5, 5.41) is 4.03. The molecular weight excluding hydrogens is 362 g/mol. The Morgan fingerprint density at radius 2 is 1.63 bits per heavy atom. The van der Waals surface area contributed by atoms with Crippen molar-refractivity contribution in [2.75, 3.05) is 6.54 Å². The molecule has 0 aromatic heterocycles. The Kier molecular flexibility index (Phi) is 5.20. The number of fused-ring (bicyclic) bond motifs is 5.